The Bertz CT molecular complexity index is 593. The largest absolute Gasteiger partial charge is 0.504 e. The van der Waals surface area contributed by atoms with Crippen molar-refractivity contribution in [3.8, 4) is 11.5 Å². The fourth-order valence-corrected chi connectivity index (χ4v) is 3.39. The van der Waals surface area contributed by atoms with E-state index in [-0.39, 0.29) is 5.75 Å². The van der Waals surface area contributed by atoms with Crippen LogP contribution >= 0.6 is 0 Å². The number of nitrogens with zero attached hydrogens (tertiary/aromatic N) is 2. The average Bonchev–Trinajstić information content (AvgIpc) is 3.47. The Balaban J connectivity index is 1.57. The zero-order chi connectivity index (χ0) is 17.6. The zero-order valence-electron chi connectivity index (χ0n) is 15.3. The number of phenolic OH excluding ortho intramolecular Hbond substituents is 1. The summed E-state index contributed by atoms with van der Waals surface area (Å²) in [7, 11) is 1.56. The molecule has 0 unspecified atom stereocenters. The number of hydrogen-bond acceptors (Lipinski definition) is 4. The van der Waals surface area contributed by atoms with Gasteiger partial charge in [-0.15, -0.1) is 0 Å². The number of aliphatic imine (C=N–C) groups is 1. The number of nitrogens with one attached hydrogen (secondary N) is 2. The van der Waals surface area contributed by atoms with Gasteiger partial charge in [0.25, 0.3) is 0 Å². The van der Waals surface area contributed by atoms with Crippen LogP contribution in [-0.4, -0.2) is 54.8 Å². The summed E-state index contributed by atoms with van der Waals surface area (Å²) in [6, 6.07) is 6.82. The van der Waals surface area contributed by atoms with E-state index in [2.05, 4.69) is 27.4 Å². The zero-order valence-corrected chi connectivity index (χ0v) is 15.3. The molecule has 1 heterocycles. The first-order chi connectivity index (χ1) is 12.2. The van der Waals surface area contributed by atoms with Gasteiger partial charge in [0.05, 0.1) is 13.7 Å². The van der Waals surface area contributed by atoms with Crippen LogP contribution in [0.1, 0.15) is 38.2 Å². The number of rotatable bonds is 6. The second kappa shape index (κ2) is 8.43. The minimum Gasteiger partial charge on any atom is -0.504 e. The Kier molecular flexibility index (Phi) is 6.02. The van der Waals surface area contributed by atoms with Crippen molar-refractivity contribution in [1.82, 2.24) is 15.5 Å². The molecular weight excluding hydrogens is 316 g/mol. The molecule has 2 fully saturated rings. The van der Waals surface area contributed by atoms with E-state index in [1.54, 1.807) is 13.2 Å². The van der Waals surface area contributed by atoms with Crippen LogP contribution in [-0.2, 0) is 6.54 Å². The van der Waals surface area contributed by atoms with E-state index in [1.165, 1.54) is 25.9 Å². The van der Waals surface area contributed by atoms with E-state index < -0.39 is 0 Å². The van der Waals surface area contributed by atoms with Crippen LogP contribution in [0.15, 0.2) is 23.2 Å². The van der Waals surface area contributed by atoms with Gasteiger partial charge in [-0.3, -0.25) is 0 Å². The summed E-state index contributed by atoms with van der Waals surface area (Å²) >= 11 is 0. The molecule has 6 heteroatoms. The third kappa shape index (κ3) is 4.78. The molecule has 138 valence electrons. The predicted molar refractivity (Wildman–Crippen MR) is 100 cm³/mol. The number of likely N-dealkylation sites (tertiary alicyclic amines) is 1. The highest BCUT2D eigenvalue weighted by Crippen LogP contribution is 2.30. The van der Waals surface area contributed by atoms with Crippen LogP contribution in [0.3, 0.4) is 0 Å². The van der Waals surface area contributed by atoms with E-state index in [9.17, 15) is 5.11 Å². The summed E-state index contributed by atoms with van der Waals surface area (Å²) in [5, 5.41) is 17.1. The Morgan fingerprint density at radius 1 is 1.28 bits per heavy atom. The number of hydrogen-bond donors (Lipinski definition) is 3. The van der Waals surface area contributed by atoms with Gasteiger partial charge in [0.1, 0.15) is 0 Å². The number of aromatic hydroxyl groups is 1. The molecule has 0 amide bonds. The third-order valence-electron chi connectivity index (χ3n) is 4.99. The Labute approximate surface area is 150 Å². The predicted octanol–water partition coefficient (Wildman–Crippen LogP) is 2.08. The highest BCUT2D eigenvalue weighted by molar-refractivity contribution is 5.80. The van der Waals surface area contributed by atoms with Crippen LogP contribution < -0.4 is 15.4 Å². The van der Waals surface area contributed by atoms with Crippen molar-refractivity contribution in [2.75, 3.05) is 26.7 Å². The van der Waals surface area contributed by atoms with Gasteiger partial charge in [0.2, 0.25) is 0 Å². The molecular formula is C19H30N4O2. The van der Waals surface area contributed by atoms with Crippen molar-refractivity contribution in [3.05, 3.63) is 23.8 Å². The standard InChI is InChI=1S/C19H30N4O2/c1-3-20-19(21-13-14-5-4-6-17(25-2)18(14)24)22-15-9-11-23(12-10-15)16-7-8-16/h4-6,15-16,24H,3,7-13H2,1-2H3,(H2,20,21,22). The van der Waals surface area contributed by atoms with Gasteiger partial charge in [-0.2, -0.15) is 0 Å². The second-order valence-electron chi connectivity index (χ2n) is 6.85. The van der Waals surface area contributed by atoms with Gasteiger partial charge in [-0.05, 0) is 38.7 Å². The molecule has 1 aromatic carbocycles. The molecule has 6 nitrogen and oxygen atoms in total. The van der Waals surface area contributed by atoms with Crippen molar-refractivity contribution in [2.24, 2.45) is 4.99 Å². The molecule has 1 aliphatic heterocycles. The van der Waals surface area contributed by atoms with Crippen LogP contribution in [0.4, 0.5) is 0 Å². The lowest BCUT2D eigenvalue weighted by Gasteiger charge is -2.33. The number of guanidine groups is 1. The summed E-state index contributed by atoms with van der Waals surface area (Å²) < 4.78 is 5.16. The molecule has 3 rings (SSSR count). The van der Waals surface area contributed by atoms with Gasteiger partial charge >= 0.3 is 0 Å². The van der Waals surface area contributed by atoms with Gasteiger partial charge < -0.3 is 25.4 Å². The second-order valence-corrected chi connectivity index (χ2v) is 6.85. The van der Waals surface area contributed by atoms with Crippen molar-refractivity contribution in [1.29, 1.82) is 0 Å². The topological polar surface area (TPSA) is 69.1 Å². The van der Waals surface area contributed by atoms with Crippen molar-refractivity contribution in [3.63, 3.8) is 0 Å². The van der Waals surface area contributed by atoms with Crippen LogP contribution in [0, 0.1) is 0 Å². The highest BCUT2D eigenvalue weighted by Gasteiger charge is 2.31. The molecule has 1 saturated carbocycles. The van der Waals surface area contributed by atoms with Crippen LogP contribution in [0.5, 0.6) is 11.5 Å². The molecule has 1 aromatic rings. The molecule has 0 radical (unpaired) electrons. The van der Waals surface area contributed by atoms with E-state index in [0.29, 0.717) is 18.3 Å². The maximum absolute atomic E-state index is 10.2. The lowest BCUT2D eigenvalue weighted by Crippen LogP contribution is -2.49. The minimum atomic E-state index is 0.169. The molecule has 0 atom stereocenters. The molecule has 2 aliphatic rings. The first-order valence-corrected chi connectivity index (χ1v) is 9.35. The molecule has 1 aliphatic carbocycles. The number of para-hydroxylation sites is 1. The van der Waals surface area contributed by atoms with Gasteiger partial charge in [0.15, 0.2) is 17.5 Å². The van der Waals surface area contributed by atoms with Gasteiger partial charge in [0, 0.05) is 37.3 Å². The summed E-state index contributed by atoms with van der Waals surface area (Å²) in [6.45, 7) is 5.66. The Morgan fingerprint density at radius 3 is 2.68 bits per heavy atom. The smallest absolute Gasteiger partial charge is 0.191 e. The average molecular weight is 346 g/mol. The first kappa shape index (κ1) is 17.9. The monoisotopic (exact) mass is 346 g/mol. The van der Waals surface area contributed by atoms with Crippen LogP contribution in [0.2, 0.25) is 0 Å². The quantitative estimate of drug-likeness (QED) is 0.543. The summed E-state index contributed by atoms with van der Waals surface area (Å²) in [6.07, 6.45) is 5.08. The maximum Gasteiger partial charge on any atom is 0.191 e. The lowest BCUT2D eigenvalue weighted by molar-refractivity contribution is 0.197. The third-order valence-corrected chi connectivity index (χ3v) is 4.99. The van der Waals surface area contributed by atoms with Crippen molar-refractivity contribution >= 4 is 5.96 Å². The highest BCUT2D eigenvalue weighted by atomic mass is 16.5. The number of methoxy groups -OCH3 is 1. The minimum absolute atomic E-state index is 0.169. The molecule has 1 saturated heterocycles. The Morgan fingerprint density at radius 2 is 2.04 bits per heavy atom. The van der Waals surface area contributed by atoms with E-state index in [4.69, 9.17) is 4.74 Å². The molecule has 0 spiro atoms. The van der Waals surface area contributed by atoms with Crippen molar-refractivity contribution in [2.45, 2.75) is 51.2 Å². The number of ether oxygens (including phenoxy) is 1. The lowest BCUT2D eigenvalue weighted by atomic mass is 10.1. The fourth-order valence-electron chi connectivity index (χ4n) is 3.39. The molecule has 3 N–H and O–H groups in total. The Hall–Kier alpha value is -1.95. The van der Waals surface area contributed by atoms with Crippen molar-refractivity contribution < 1.29 is 9.84 Å². The van der Waals surface area contributed by atoms with Crippen LogP contribution in [0.25, 0.3) is 0 Å². The first-order valence-electron chi connectivity index (χ1n) is 9.35. The maximum atomic E-state index is 10.2. The summed E-state index contributed by atoms with van der Waals surface area (Å²) in [5.74, 6) is 1.47. The SMILES string of the molecule is CCNC(=NCc1cccc(OC)c1O)NC1CCN(C2CC2)CC1. The van der Waals surface area contributed by atoms with Gasteiger partial charge in [-0.1, -0.05) is 12.1 Å². The van der Waals surface area contributed by atoms with E-state index >= 15 is 0 Å². The fraction of sp³-hybridized carbons (Fsp3) is 0.632. The van der Waals surface area contributed by atoms with E-state index in [0.717, 1.165) is 37.0 Å². The number of phenols is 1. The molecule has 25 heavy (non-hydrogen) atoms. The summed E-state index contributed by atoms with van der Waals surface area (Å²) in [5.41, 5.74) is 0.764. The normalized spacial score (nSPS) is 19.7. The number of piperidine rings is 1. The molecule has 0 aromatic heterocycles. The summed E-state index contributed by atoms with van der Waals surface area (Å²) in [4.78, 5) is 7.27. The molecule has 0 bridgehead atoms. The number of benzene rings is 1. The van der Waals surface area contributed by atoms with Gasteiger partial charge in [-0.25, -0.2) is 4.99 Å². The van der Waals surface area contributed by atoms with E-state index in [1.807, 2.05) is 12.1 Å².